The minimum atomic E-state index is 0.0303. The molecule has 5 heteroatoms. The average Bonchev–Trinajstić information content (AvgIpc) is 2.78. The minimum Gasteiger partial charge on any atom is -0.370 e. The van der Waals surface area contributed by atoms with Crippen molar-refractivity contribution < 1.29 is 4.79 Å². The number of rotatable bonds is 2. The van der Waals surface area contributed by atoms with E-state index in [1.54, 1.807) is 0 Å². The van der Waals surface area contributed by atoms with E-state index in [1.165, 1.54) is 18.4 Å². The summed E-state index contributed by atoms with van der Waals surface area (Å²) in [7, 11) is 0. The highest BCUT2D eigenvalue weighted by Crippen LogP contribution is 2.27. The molecule has 3 rings (SSSR count). The Morgan fingerprint density at radius 1 is 1.09 bits per heavy atom. The molecule has 0 bridgehead atoms. The summed E-state index contributed by atoms with van der Waals surface area (Å²) in [5.74, 6) is 0.547. The van der Waals surface area contributed by atoms with Gasteiger partial charge in [0, 0.05) is 25.3 Å². The van der Waals surface area contributed by atoms with Gasteiger partial charge in [-0.15, -0.1) is 0 Å². The van der Waals surface area contributed by atoms with Gasteiger partial charge < -0.3 is 15.5 Å². The molecule has 2 aliphatic rings. The molecule has 0 aromatic heterocycles. The zero-order valence-electron chi connectivity index (χ0n) is 13.0. The zero-order chi connectivity index (χ0) is 15.4. The lowest BCUT2D eigenvalue weighted by Crippen LogP contribution is -2.39. The highest BCUT2D eigenvalue weighted by atomic mass is 16.2. The van der Waals surface area contributed by atoms with E-state index >= 15 is 0 Å². The maximum Gasteiger partial charge on any atom is 0.248 e. The van der Waals surface area contributed by atoms with Gasteiger partial charge in [-0.2, -0.15) is 0 Å². The van der Waals surface area contributed by atoms with Crippen LogP contribution in [0.4, 0.5) is 5.69 Å². The average molecular weight is 300 g/mol. The number of nitrogens with zero attached hydrogens (tertiary/aromatic N) is 3. The van der Waals surface area contributed by atoms with Gasteiger partial charge in [0.05, 0.1) is 0 Å². The third-order valence-corrected chi connectivity index (χ3v) is 4.49. The van der Waals surface area contributed by atoms with Gasteiger partial charge in [-0.1, -0.05) is 31.0 Å². The minimum absolute atomic E-state index is 0.0303. The first-order valence-corrected chi connectivity index (χ1v) is 8.19. The van der Waals surface area contributed by atoms with Crippen LogP contribution < -0.4 is 10.6 Å². The van der Waals surface area contributed by atoms with Crippen LogP contribution in [0.5, 0.6) is 0 Å². The maximum atomic E-state index is 12.4. The Balaban J connectivity index is 1.61. The standard InChI is InChI=1S/C17H24N4O/c18-17(20-10-5-1-2-6-11-20)19-13-16(22)21-12-9-14-7-3-4-8-15(14)21/h3-4,7-8H,1-2,5-6,9-13H2,(H2,18,19). The fourth-order valence-electron chi connectivity index (χ4n) is 3.23. The molecule has 1 amide bonds. The predicted molar refractivity (Wildman–Crippen MR) is 89.0 cm³/mol. The molecule has 0 radical (unpaired) electrons. The second-order valence-electron chi connectivity index (χ2n) is 6.00. The van der Waals surface area contributed by atoms with Crippen molar-refractivity contribution in [3.05, 3.63) is 29.8 Å². The largest absolute Gasteiger partial charge is 0.370 e. The molecule has 1 aromatic carbocycles. The van der Waals surface area contributed by atoms with E-state index < -0.39 is 0 Å². The van der Waals surface area contributed by atoms with Crippen molar-refractivity contribution in [1.29, 1.82) is 0 Å². The van der Waals surface area contributed by atoms with Crippen molar-refractivity contribution >= 4 is 17.6 Å². The summed E-state index contributed by atoms with van der Waals surface area (Å²) < 4.78 is 0. The molecule has 0 spiro atoms. The molecule has 2 aliphatic heterocycles. The molecule has 2 heterocycles. The van der Waals surface area contributed by atoms with Gasteiger partial charge >= 0.3 is 0 Å². The van der Waals surface area contributed by atoms with Crippen LogP contribution in [0, 0.1) is 0 Å². The molecule has 5 nitrogen and oxygen atoms in total. The first kappa shape index (κ1) is 14.9. The van der Waals surface area contributed by atoms with E-state index in [1.807, 2.05) is 23.1 Å². The number of likely N-dealkylation sites (tertiary alicyclic amines) is 1. The van der Waals surface area contributed by atoms with Crippen LogP contribution >= 0.6 is 0 Å². The Labute approximate surface area is 131 Å². The van der Waals surface area contributed by atoms with E-state index in [2.05, 4.69) is 16.0 Å². The highest BCUT2D eigenvalue weighted by molar-refractivity contribution is 5.97. The Morgan fingerprint density at radius 2 is 1.82 bits per heavy atom. The molecule has 2 N–H and O–H groups in total. The van der Waals surface area contributed by atoms with Gasteiger partial charge in [0.1, 0.15) is 6.54 Å². The van der Waals surface area contributed by atoms with Gasteiger partial charge in [-0.25, -0.2) is 4.99 Å². The van der Waals surface area contributed by atoms with Crippen molar-refractivity contribution in [3.8, 4) is 0 Å². The van der Waals surface area contributed by atoms with E-state index in [0.29, 0.717) is 5.96 Å². The van der Waals surface area contributed by atoms with Crippen LogP contribution in [0.15, 0.2) is 29.3 Å². The number of guanidine groups is 1. The maximum absolute atomic E-state index is 12.4. The van der Waals surface area contributed by atoms with E-state index in [9.17, 15) is 4.79 Å². The quantitative estimate of drug-likeness (QED) is 0.669. The number of aliphatic imine (C=N–C) groups is 1. The molecule has 0 aliphatic carbocycles. The van der Waals surface area contributed by atoms with Gasteiger partial charge in [0.15, 0.2) is 5.96 Å². The number of benzene rings is 1. The predicted octanol–water partition coefficient (Wildman–Crippen LogP) is 1.77. The van der Waals surface area contributed by atoms with Crippen molar-refractivity contribution in [2.24, 2.45) is 10.7 Å². The number of para-hydroxylation sites is 1. The van der Waals surface area contributed by atoms with Crippen LogP contribution in [0.3, 0.4) is 0 Å². The van der Waals surface area contributed by atoms with Crippen LogP contribution in [-0.4, -0.2) is 42.9 Å². The number of anilines is 1. The Hall–Kier alpha value is -2.04. The third-order valence-electron chi connectivity index (χ3n) is 4.49. The fraction of sp³-hybridized carbons (Fsp3) is 0.529. The normalized spacial score (nSPS) is 19.0. The summed E-state index contributed by atoms with van der Waals surface area (Å²) in [5.41, 5.74) is 8.33. The fourth-order valence-corrected chi connectivity index (χ4v) is 3.23. The summed E-state index contributed by atoms with van der Waals surface area (Å²) in [5, 5.41) is 0. The van der Waals surface area contributed by atoms with Crippen LogP contribution in [-0.2, 0) is 11.2 Å². The number of hydrogen-bond acceptors (Lipinski definition) is 2. The summed E-state index contributed by atoms with van der Waals surface area (Å²) in [6.07, 6.45) is 5.75. The molecule has 118 valence electrons. The molecular formula is C17H24N4O. The zero-order valence-corrected chi connectivity index (χ0v) is 13.0. The first-order chi connectivity index (χ1) is 10.8. The van der Waals surface area contributed by atoms with Crippen LogP contribution in [0.1, 0.15) is 31.2 Å². The van der Waals surface area contributed by atoms with Crippen molar-refractivity contribution in [2.75, 3.05) is 31.1 Å². The third kappa shape index (κ3) is 3.24. The molecule has 0 atom stereocenters. The Morgan fingerprint density at radius 3 is 2.59 bits per heavy atom. The topological polar surface area (TPSA) is 61.9 Å². The molecule has 1 aromatic rings. The Kier molecular flexibility index (Phi) is 4.61. The van der Waals surface area contributed by atoms with Gasteiger partial charge in [-0.3, -0.25) is 4.79 Å². The number of carbonyl (C=O) groups excluding carboxylic acids is 1. The van der Waals surface area contributed by atoms with Crippen molar-refractivity contribution in [1.82, 2.24) is 4.90 Å². The molecule has 0 unspecified atom stereocenters. The van der Waals surface area contributed by atoms with Gasteiger partial charge in [-0.05, 0) is 30.9 Å². The van der Waals surface area contributed by atoms with Crippen LogP contribution in [0.2, 0.25) is 0 Å². The molecule has 1 fully saturated rings. The smallest absolute Gasteiger partial charge is 0.248 e. The highest BCUT2D eigenvalue weighted by Gasteiger charge is 2.23. The van der Waals surface area contributed by atoms with Gasteiger partial charge in [0.25, 0.3) is 0 Å². The monoisotopic (exact) mass is 300 g/mol. The molecular weight excluding hydrogens is 276 g/mol. The van der Waals surface area contributed by atoms with Crippen molar-refractivity contribution in [2.45, 2.75) is 32.1 Å². The number of amides is 1. The summed E-state index contributed by atoms with van der Waals surface area (Å²) >= 11 is 0. The summed E-state index contributed by atoms with van der Waals surface area (Å²) in [6, 6.07) is 8.07. The van der Waals surface area contributed by atoms with E-state index in [4.69, 9.17) is 5.73 Å². The molecule has 22 heavy (non-hydrogen) atoms. The first-order valence-electron chi connectivity index (χ1n) is 8.19. The lowest BCUT2D eigenvalue weighted by molar-refractivity contribution is -0.117. The second kappa shape index (κ2) is 6.81. The number of carbonyl (C=O) groups is 1. The Bertz CT molecular complexity index is 562. The van der Waals surface area contributed by atoms with Crippen molar-refractivity contribution in [3.63, 3.8) is 0 Å². The second-order valence-corrected chi connectivity index (χ2v) is 6.00. The van der Waals surface area contributed by atoms with Gasteiger partial charge in [0.2, 0.25) is 5.91 Å². The lowest BCUT2D eigenvalue weighted by atomic mass is 10.2. The van der Waals surface area contributed by atoms with Crippen LogP contribution in [0.25, 0.3) is 0 Å². The molecule has 0 saturated carbocycles. The van der Waals surface area contributed by atoms with E-state index in [-0.39, 0.29) is 12.5 Å². The molecule has 1 saturated heterocycles. The number of fused-ring (bicyclic) bond motifs is 1. The summed E-state index contributed by atoms with van der Waals surface area (Å²) in [4.78, 5) is 20.7. The number of hydrogen-bond donors (Lipinski definition) is 1. The number of nitrogens with two attached hydrogens (primary N) is 1. The van der Waals surface area contributed by atoms with E-state index in [0.717, 1.165) is 44.6 Å². The summed E-state index contributed by atoms with van der Waals surface area (Å²) in [6.45, 7) is 2.79. The lowest BCUT2D eigenvalue weighted by Gasteiger charge is -2.21. The SMILES string of the molecule is NC(=NCC(=O)N1CCc2ccccc21)N1CCCCCC1.